The van der Waals surface area contributed by atoms with Crippen LogP contribution in [0.15, 0.2) is 61.2 Å². The van der Waals surface area contributed by atoms with E-state index in [0.717, 1.165) is 30.4 Å². The number of carbonyl (C=O) groups excluding carboxylic acids is 6. The maximum atomic E-state index is 14.4. The zero-order valence-electron chi connectivity index (χ0n) is 47.3. The van der Waals surface area contributed by atoms with E-state index >= 15 is 0 Å². The second kappa shape index (κ2) is 31.5. The first kappa shape index (κ1) is 67.1. The lowest BCUT2D eigenvalue weighted by atomic mass is 9.81. The first-order valence-corrected chi connectivity index (χ1v) is 29.4. The van der Waals surface area contributed by atoms with E-state index < -0.39 is 78.1 Å². The van der Waals surface area contributed by atoms with Crippen molar-refractivity contribution in [2.45, 2.75) is 172 Å². The summed E-state index contributed by atoms with van der Waals surface area (Å²) < 4.78 is 23.5. The average Bonchev–Trinajstić information content (AvgIpc) is 4.10. The minimum absolute atomic E-state index is 0.0187. The Labute approximate surface area is 470 Å². The molecule has 0 aliphatic carbocycles. The number of Topliss-reactive ketones (excluding diaryl/α,β-unsaturated/α-hetero) is 2. The van der Waals surface area contributed by atoms with Crippen LogP contribution in [-0.4, -0.2) is 144 Å². The van der Waals surface area contributed by atoms with Crippen molar-refractivity contribution in [3.8, 4) is 5.75 Å². The van der Waals surface area contributed by atoms with Gasteiger partial charge in [0, 0.05) is 61.6 Å². The number of carbonyl (C=O) groups is 6. The molecule has 17 nitrogen and oxygen atoms in total. The van der Waals surface area contributed by atoms with Gasteiger partial charge in [0.05, 0.1) is 44.5 Å². The second-order valence-electron chi connectivity index (χ2n) is 21.2. The number of allylic oxidation sites excluding steroid dienone is 5. The summed E-state index contributed by atoms with van der Waals surface area (Å²) in [4.78, 5) is 83.5. The predicted octanol–water partition coefficient (Wildman–Crippen LogP) is 8.46. The summed E-state index contributed by atoms with van der Waals surface area (Å²) in [6.07, 6.45) is 9.80. The van der Waals surface area contributed by atoms with E-state index in [2.05, 4.69) is 30.7 Å². The average molecular weight is 1130 g/mol. The summed E-state index contributed by atoms with van der Waals surface area (Å²) in [5.41, 5.74) is 4.48. The molecule has 2 saturated heterocycles. The number of nitrogens with one attached hydrogen (secondary N) is 2. The van der Waals surface area contributed by atoms with E-state index in [1.165, 1.54) is 24.0 Å². The number of rotatable bonds is 25. The molecule has 0 saturated carbocycles. The molecule has 2 fully saturated rings. The van der Waals surface area contributed by atoms with Crippen LogP contribution in [0.2, 0.25) is 5.02 Å². The third kappa shape index (κ3) is 19.8. The molecular formula is C57H88ClN5O12S2. The Bertz CT molecular complexity index is 2270. The Morgan fingerprint density at radius 3 is 2.47 bits per heavy atom. The van der Waals surface area contributed by atoms with Gasteiger partial charge in [0.2, 0.25) is 11.8 Å². The zero-order valence-corrected chi connectivity index (χ0v) is 49.7. The third-order valence-corrected chi connectivity index (χ3v) is 18.3. The number of hydrogen-bond donors (Lipinski definition) is 5. The summed E-state index contributed by atoms with van der Waals surface area (Å²) >= 11 is 6.82. The first-order chi connectivity index (χ1) is 36.3. The van der Waals surface area contributed by atoms with Crippen LogP contribution in [0.4, 0.5) is 10.5 Å². The van der Waals surface area contributed by atoms with Crippen molar-refractivity contribution in [3.63, 3.8) is 0 Å². The summed E-state index contributed by atoms with van der Waals surface area (Å²) in [6, 6.07) is 2.06. The van der Waals surface area contributed by atoms with Gasteiger partial charge in [0.25, 0.3) is 0 Å². The normalized spacial score (nSPS) is 25.8. The van der Waals surface area contributed by atoms with Crippen molar-refractivity contribution >= 4 is 74.3 Å². The number of unbranched alkanes of at least 4 members (excludes halogenated alkanes) is 1. The van der Waals surface area contributed by atoms with Crippen LogP contribution in [0, 0.1) is 17.8 Å². The number of alkyl carbamates (subject to hydrolysis) is 1. The highest BCUT2D eigenvalue weighted by Gasteiger charge is 2.64. The molecule has 0 spiro atoms. The Morgan fingerprint density at radius 1 is 1.16 bits per heavy atom. The van der Waals surface area contributed by atoms with E-state index in [1.54, 1.807) is 86.7 Å². The van der Waals surface area contributed by atoms with Crippen LogP contribution in [-0.2, 0) is 44.6 Å². The maximum Gasteiger partial charge on any atom is 0.409 e. The zero-order chi connectivity index (χ0) is 57.8. The highest BCUT2D eigenvalue weighted by Crippen LogP contribution is 2.49. The molecule has 0 radical (unpaired) electrons. The Kier molecular flexibility index (Phi) is 27.5. The Morgan fingerprint density at radius 2 is 1.84 bits per heavy atom. The third-order valence-electron chi connectivity index (χ3n) is 14.5. The number of benzene rings is 1. The lowest BCUT2D eigenvalue weighted by Crippen LogP contribution is -2.62. The number of ketones is 2. The SMILES string of the molecule is C=CC(C)C(=O)[C@H](CCCCN)NCC(=O)CCCSSC(C)(C)CCC(=O)N(C)[C@@H](C)C(=O)O[C@H]1CC(=O)N(C)c2cc(cc(OC)c2Cl)C/C(C)=C/C=C/[C@@H](CO)[C@@]2(O)C[C@H](OC(=O)N2)[C@@H](C)[C@@H]2O[C@@]12C.C=CCC. The lowest BCUT2D eigenvalue weighted by Gasteiger charge is -2.42. The molecule has 432 valence electrons. The number of nitrogens with zero attached hydrogens (tertiary/aromatic N) is 2. The van der Waals surface area contributed by atoms with Crippen molar-refractivity contribution in [1.29, 1.82) is 0 Å². The van der Waals surface area contributed by atoms with Gasteiger partial charge in [-0.05, 0) is 97.4 Å². The standard InChI is InChI=1S/C53H80ClN5O12S2.C4H8/c1-12-33(3)47(64)39(20-13-14-23-55)56-30-38(61)19-16-24-72-73-51(6,7)22-21-44(62)58(9)35(5)49(65)70-43-28-45(63)59(10)40-26-36(27-41(68-11)46(40)54)25-32(2)17-15-18-37(31-60)53(67)29-42(69-50(66)57-53)34(4)48-52(43,8)71-48;1-3-4-2/h12,15,17-18,26-27,33-35,37,39,42-43,48,56,60,67H,1,13-14,16,19-25,28-31,55H2,2-11H3,(H,57,66);3H,1,4H2,2H3/b18-15+,32-17+;/t33?,34-,35+,37+,39+,42+,43+,48+,52+,53+;/m1./s1. The van der Waals surface area contributed by atoms with Gasteiger partial charge in [-0.2, -0.15) is 0 Å². The Balaban J connectivity index is 0.00000376. The fourth-order valence-electron chi connectivity index (χ4n) is 9.00. The summed E-state index contributed by atoms with van der Waals surface area (Å²) in [5, 5.41) is 28.1. The van der Waals surface area contributed by atoms with Crippen molar-refractivity contribution in [2.24, 2.45) is 23.5 Å². The lowest BCUT2D eigenvalue weighted by molar-refractivity contribution is -0.162. The van der Waals surface area contributed by atoms with Gasteiger partial charge in [-0.15, -0.1) is 13.2 Å². The van der Waals surface area contributed by atoms with Crippen molar-refractivity contribution in [1.82, 2.24) is 15.5 Å². The molecule has 4 bridgehead atoms. The number of methoxy groups -OCH3 is 1. The van der Waals surface area contributed by atoms with Gasteiger partial charge in [-0.25, -0.2) is 9.59 Å². The van der Waals surface area contributed by atoms with Gasteiger partial charge in [-0.3, -0.25) is 24.5 Å². The monoisotopic (exact) mass is 1130 g/mol. The quantitative estimate of drug-likeness (QED) is 0.0203. The molecule has 77 heavy (non-hydrogen) atoms. The van der Waals surface area contributed by atoms with Crippen molar-refractivity contribution in [2.75, 3.05) is 51.6 Å². The molecule has 10 atom stereocenters. The maximum absolute atomic E-state index is 14.4. The minimum atomic E-state index is -1.89. The summed E-state index contributed by atoms with van der Waals surface area (Å²) in [6.45, 7) is 22.2. The van der Waals surface area contributed by atoms with Gasteiger partial charge in [-0.1, -0.05) is 96.3 Å². The highest BCUT2D eigenvalue weighted by molar-refractivity contribution is 8.77. The van der Waals surface area contributed by atoms with E-state index in [-0.39, 0.29) is 59.0 Å². The van der Waals surface area contributed by atoms with Crippen molar-refractivity contribution < 1.29 is 57.9 Å². The van der Waals surface area contributed by atoms with Crippen LogP contribution in [0.25, 0.3) is 0 Å². The van der Waals surface area contributed by atoms with Gasteiger partial charge in [0.15, 0.2) is 11.5 Å². The fraction of sp³-hybridized carbons (Fsp3) is 0.649. The number of epoxide rings is 1. The molecule has 0 aromatic heterocycles. The van der Waals surface area contributed by atoms with E-state index in [1.807, 2.05) is 32.9 Å². The second-order valence-corrected chi connectivity index (χ2v) is 24.7. The van der Waals surface area contributed by atoms with Crippen LogP contribution in [0.3, 0.4) is 0 Å². The van der Waals surface area contributed by atoms with Crippen LogP contribution in [0.1, 0.15) is 125 Å². The molecule has 4 rings (SSSR count). The molecule has 1 aromatic rings. The predicted molar refractivity (Wildman–Crippen MR) is 308 cm³/mol. The first-order valence-electron chi connectivity index (χ1n) is 26.7. The van der Waals surface area contributed by atoms with Crippen LogP contribution < -0.4 is 26.0 Å². The number of aliphatic hydroxyl groups is 2. The van der Waals surface area contributed by atoms with Gasteiger partial charge in [0.1, 0.15) is 40.4 Å². The van der Waals surface area contributed by atoms with Gasteiger partial charge >= 0.3 is 12.1 Å². The molecule has 20 heteroatoms. The molecule has 3 aliphatic rings. The summed E-state index contributed by atoms with van der Waals surface area (Å²) in [7, 11) is 7.81. The molecule has 1 aromatic carbocycles. The number of halogens is 1. The van der Waals surface area contributed by atoms with E-state index in [0.29, 0.717) is 55.8 Å². The number of esters is 1. The van der Waals surface area contributed by atoms with E-state index in [4.69, 9.17) is 36.3 Å². The number of aliphatic hydroxyl groups excluding tert-OH is 1. The van der Waals surface area contributed by atoms with Crippen LogP contribution >= 0.6 is 33.2 Å². The number of nitrogens with two attached hydrogens (primary N) is 1. The molecule has 3 heterocycles. The number of hydrogen-bond acceptors (Lipinski definition) is 16. The molecule has 3 amide bonds. The summed E-state index contributed by atoms with van der Waals surface area (Å²) in [5.74, 6) is -2.24. The number of ether oxygens (including phenoxy) is 4. The fourth-order valence-corrected chi connectivity index (χ4v) is 12.0. The minimum Gasteiger partial charge on any atom is -0.495 e. The number of anilines is 1. The molecule has 6 N–H and O–H groups in total. The van der Waals surface area contributed by atoms with E-state index in [9.17, 15) is 39.0 Å². The number of fused-ring (bicyclic) bond motifs is 5. The van der Waals surface area contributed by atoms with Crippen molar-refractivity contribution in [3.05, 3.63) is 71.8 Å². The largest absolute Gasteiger partial charge is 0.495 e. The highest BCUT2D eigenvalue weighted by atomic mass is 35.5. The number of likely N-dealkylation sites (N-methyl/N-ethyl adjacent to an activating group) is 1. The van der Waals surface area contributed by atoms with Crippen LogP contribution in [0.5, 0.6) is 5.75 Å². The molecule has 3 aliphatic heterocycles. The smallest absolute Gasteiger partial charge is 0.409 e. The van der Waals surface area contributed by atoms with Gasteiger partial charge < -0.3 is 50.0 Å². The topological polar surface area (TPSA) is 240 Å². The molecular weight excluding hydrogens is 1050 g/mol. The molecule has 1 unspecified atom stereocenters. The Hall–Kier alpha value is -4.21. The number of amides is 3.